The Labute approximate surface area is 119 Å². The zero-order chi connectivity index (χ0) is 13.9. The summed E-state index contributed by atoms with van der Waals surface area (Å²) in [4.78, 5) is 9.05. The van der Waals surface area contributed by atoms with Crippen molar-refractivity contribution < 1.29 is 0 Å². The van der Waals surface area contributed by atoms with E-state index in [9.17, 15) is 0 Å². The van der Waals surface area contributed by atoms with Crippen LogP contribution in [0.2, 0.25) is 0 Å². The largest absolute Gasteiger partial charge is 0.359 e. The number of benzene rings is 1. The zero-order valence-electron chi connectivity index (χ0n) is 12.0. The van der Waals surface area contributed by atoms with Crippen LogP contribution in [-0.4, -0.2) is 27.7 Å². The van der Waals surface area contributed by atoms with E-state index in [0.717, 1.165) is 12.2 Å². The summed E-state index contributed by atoms with van der Waals surface area (Å²) in [5.74, 6) is 1.14. The van der Waals surface area contributed by atoms with E-state index in [4.69, 9.17) is 0 Å². The molecule has 0 bridgehead atoms. The molecule has 4 nitrogen and oxygen atoms in total. The minimum atomic E-state index is 0.355. The van der Waals surface area contributed by atoms with Crippen LogP contribution in [0.15, 0.2) is 36.9 Å². The number of aromatic nitrogens is 2. The van der Waals surface area contributed by atoms with E-state index < -0.39 is 0 Å². The summed E-state index contributed by atoms with van der Waals surface area (Å²) in [6.45, 7) is 4.42. The van der Waals surface area contributed by atoms with Gasteiger partial charge in [0.1, 0.15) is 12.0 Å². The van der Waals surface area contributed by atoms with E-state index in [2.05, 4.69) is 71.0 Å². The zero-order valence-corrected chi connectivity index (χ0v) is 12.0. The summed E-state index contributed by atoms with van der Waals surface area (Å²) in [5.41, 5.74) is 5.32. The number of aryl methyl sites for hydroxylation is 1. The molecule has 20 heavy (non-hydrogen) atoms. The van der Waals surface area contributed by atoms with Gasteiger partial charge >= 0.3 is 0 Å². The van der Waals surface area contributed by atoms with Gasteiger partial charge in [0.15, 0.2) is 0 Å². The summed E-state index contributed by atoms with van der Waals surface area (Å²) in [5, 5.41) is 0. The third kappa shape index (κ3) is 1.39. The Hall–Kier alpha value is -2.23. The highest BCUT2D eigenvalue weighted by Crippen LogP contribution is 2.38. The first kappa shape index (κ1) is 11.6. The van der Waals surface area contributed by atoms with Gasteiger partial charge in [-0.3, -0.25) is 0 Å². The molecule has 2 aliphatic rings. The molecule has 102 valence electrons. The molecule has 2 aliphatic heterocycles. The predicted octanol–water partition coefficient (Wildman–Crippen LogP) is 2.65. The van der Waals surface area contributed by atoms with E-state index in [1.165, 1.54) is 22.5 Å². The summed E-state index contributed by atoms with van der Waals surface area (Å²) < 4.78 is 2.20. The predicted molar refractivity (Wildman–Crippen MR) is 80.0 cm³/mol. The maximum Gasteiger partial charge on any atom is 0.117 e. The van der Waals surface area contributed by atoms with Crippen molar-refractivity contribution in [2.75, 3.05) is 11.9 Å². The first-order valence-electron chi connectivity index (χ1n) is 7.00. The van der Waals surface area contributed by atoms with Crippen molar-refractivity contribution in [1.29, 1.82) is 0 Å². The number of rotatable bonds is 1. The standard InChI is InChI=1S/C16H18N4/c1-11-4-5-14-13(10-15-17-6-7-20(14)15)16(11)19-9-8-18(3)12(19)2/h4-9,12H,10H2,1-3H3/t12-/m0/s1. The molecule has 0 amide bonds. The Morgan fingerprint density at radius 2 is 2.10 bits per heavy atom. The number of anilines is 1. The first-order chi connectivity index (χ1) is 9.66. The topological polar surface area (TPSA) is 24.3 Å². The Balaban J connectivity index is 1.89. The van der Waals surface area contributed by atoms with Gasteiger partial charge in [-0.2, -0.15) is 0 Å². The molecule has 0 saturated heterocycles. The molecule has 1 aromatic carbocycles. The molecule has 4 rings (SSSR count). The molecular weight excluding hydrogens is 248 g/mol. The van der Waals surface area contributed by atoms with Crippen molar-refractivity contribution in [2.24, 2.45) is 0 Å². The second-order valence-electron chi connectivity index (χ2n) is 5.62. The van der Waals surface area contributed by atoms with Gasteiger partial charge in [0.05, 0.1) is 11.4 Å². The van der Waals surface area contributed by atoms with Gasteiger partial charge < -0.3 is 14.4 Å². The lowest BCUT2D eigenvalue weighted by molar-refractivity contribution is 0.382. The highest BCUT2D eigenvalue weighted by Gasteiger charge is 2.29. The Morgan fingerprint density at radius 3 is 2.85 bits per heavy atom. The van der Waals surface area contributed by atoms with E-state index in [-0.39, 0.29) is 0 Å². The molecule has 0 fully saturated rings. The van der Waals surface area contributed by atoms with Gasteiger partial charge in [0.25, 0.3) is 0 Å². The Kier molecular flexibility index (Phi) is 2.25. The molecule has 0 radical (unpaired) electrons. The maximum atomic E-state index is 4.46. The Bertz CT molecular complexity index is 713. The van der Waals surface area contributed by atoms with Crippen LogP contribution in [0.3, 0.4) is 0 Å². The molecular formula is C16H18N4. The maximum absolute atomic E-state index is 4.46. The van der Waals surface area contributed by atoms with Crippen LogP contribution in [0, 0.1) is 6.92 Å². The first-order valence-corrected chi connectivity index (χ1v) is 7.00. The van der Waals surface area contributed by atoms with Crippen molar-refractivity contribution in [3.8, 4) is 5.69 Å². The van der Waals surface area contributed by atoms with Gasteiger partial charge in [0, 0.05) is 43.8 Å². The smallest absolute Gasteiger partial charge is 0.117 e. The van der Waals surface area contributed by atoms with Crippen LogP contribution in [0.4, 0.5) is 5.69 Å². The van der Waals surface area contributed by atoms with Crippen molar-refractivity contribution in [1.82, 2.24) is 14.5 Å². The second-order valence-corrected chi connectivity index (χ2v) is 5.62. The molecule has 4 heteroatoms. The van der Waals surface area contributed by atoms with Crippen LogP contribution in [0.5, 0.6) is 0 Å². The summed E-state index contributed by atoms with van der Waals surface area (Å²) in [7, 11) is 2.12. The average molecular weight is 266 g/mol. The van der Waals surface area contributed by atoms with Gasteiger partial charge in [-0.1, -0.05) is 6.07 Å². The normalized spacial score (nSPS) is 19.6. The minimum Gasteiger partial charge on any atom is -0.359 e. The molecule has 0 N–H and O–H groups in total. The van der Waals surface area contributed by atoms with E-state index in [1.54, 1.807) is 0 Å². The van der Waals surface area contributed by atoms with Gasteiger partial charge in [0.2, 0.25) is 0 Å². The van der Waals surface area contributed by atoms with E-state index in [1.807, 2.05) is 6.20 Å². The van der Waals surface area contributed by atoms with Crippen LogP contribution in [0.25, 0.3) is 5.69 Å². The highest BCUT2D eigenvalue weighted by molar-refractivity contribution is 5.71. The molecule has 0 aliphatic carbocycles. The van der Waals surface area contributed by atoms with Crippen molar-refractivity contribution in [2.45, 2.75) is 26.4 Å². The Morgan fingerprint density at radius 1 is 1.25 bits per heavy atom. The van der Waals surface area contributed by atoms with Gasteiger partial charge in [-0.25, -0.2) is 4.98 Å². The van der Waals surface area contributed by atoms with E-state index >= 15 is 0 Å². The number of fused-ring (bicyclic) bond motifs is 3. The fourth-order valence-electron chi connectivity index (χ4n) is 3.23. The van der Waals surface area contributed by atoms with Gasteiger partial charge in [-0.15, -0.1) is 0 Å². The second kappa shape index (κ2) is 3.88. The lowest BCUT2D eigenvalue weighted by atomic mass is 10.0. The van der Waals surface area contributed by atoms with E-state index in [0.29, 0.717) is 6.17 Å². The summed E-state index contributed by atoms with van der Waals surface area (Å²) in [6, 6.07) is 4.42. The molecule has 1 aromatic heterocycles. The van der Waals surface area contributed by atoms with Crippen molar-refractivity contribution in [3.63, 3.8) is 0 Å². The van der Waals surface area contributed by atoms with Gasteiger partial charge in [-0.05, 0) is 25.5 Å². The molecule has 0 saturated carbocycles. The SMILES string of the molecule is Cc1ccc2c(c1N1C=CN(C)[C@@H]1C)Cc1nccn1-2. The van der Waals surface area contributed by atoms with Crippen molar-refractivity contribution >= 4 is 5.69 Å². The monoisotopic (exact) mass is 266 g/mol. The highest BCUT2D eigenvalue weighted by atomic mass is 15.4. The molecule has 2 aromatic rings. The van der Waals surface area contributed by atoms with Crippen LogP contribution in [-0.2, 0) is 6.42 Å². The third-order valence-corrected chi connectivity index (χ3v) is 4.48. The lowest BCUT2D eigenvalue weighted by Crippen LogP contribution is -2.34. The molecule has 1 atom stereocenters. The van der Waals surface area contributed by atoms with Crippen LogP contribution >= 0.6 is 0 Å². The number of imidazole rings is 1. The van der Waals surface area contributed by atoms with Crippen LogP contribution in [0.1, 0.15) is 23.9 Å². The minimum absolute atomic E-state index is 0.355. The quantitative estimate of drug-likeness (QED) is 0.677. The summed E-state index contributed by atoms with van der Waals surface area (Å²) in [6.07, 6.45) is 9.51. The molecule has 0 unspecified atom stereocenters. The fourth-order valence-corrected chi connectivity index (χ4v) is 3.23. The molecule has 3 heterocycles. The lowest BCUT2D eigenvalue weighted by Gasteiger charge is -2.30. The average Bonchev–Trinajstić information content (AvgIpc) is 3.08. The number of nitrogens with zero attached hydrogens (tertiary/aromatic N) is 4. The fraction of sp³-hybridized carbons (Fsp3) is 0.312. The van der Waals surface area contributed by atoms with Crippen molar-refractivity contribution in [3.05, 3.63) is 53.9 Å². The summed E-state index contributed by atoms with van der Waals surface area (Å²) >= 11 is 0. The number of hydrogen-bond acceptors (Lipinski definition) is 3. The molecule has 0 spiro atoms. The number of hydrogen-bond donors (Lipinski definition) is 0. The third-order valence-electron chi connectivity index (χ3n) is 4.48. The van der Waals surface area contributed by atoms with Crippen LogP contribution < -0.4 is 4.90 Å².